The van der Waals surface area contributed by atoms with Gasteiger partial charge in [-0.1, -0.05) is 19.4 Å². The molecule has 160 valence electrons. The fraction of sp³-hybridized carbons (Fsp3) is 0.500. The van der Waals surface area contributed by atoms with Gasteiger partial charge in [0.25, 0.3) is 0 Å². The van der Waals surface area contributed by atoms with E-state index in [0.717, 1.165) is 43.2 Å². The second-order valence-electron chi connectivity index (χ2n) is 7.34. The molecule has 0 aromatic heterocycles. The summed E-state index contributed by atoms with van der Waals surface area (Å²) in [4.78, 5) is 2.61. The molecule has 2 aromatic carbocycles. The van der Waals surface area contributed by atoms with Crippen molar-refractivity contribution in [2.75, 3.05) is 34.4 Å². The number of nitrogens with zero attached hydrogens (tertiary/aromatic N) is 1. The summed E-state index contributed by atoms with van der Waals surface area (Å²) in [5.41, 5.74) is 2.62. The highest BCUT2D eigenvalue weighted by molar-refractivity contribution is 14.1. The first-order valence-electron chi connectivity index (χ1n) is 10.3. The van der Waals surface area contributed by atoms with Crippen molar-refractivity contribution in [1.82, 2.24) is 4.90 Å². The van der Waals surface area contributed by atoms with Crippen LogP contribution in [0.3, 0.4) is 0 Å². The van der Waals surface area contributed by atoms with Gasteiger partial charge >= 0.3 is 0 Å². The molecule has 1 atom stereocenters. The zero-order chi connectivity index (χ0) is 21.2. The molecule has 0 amide bonds. The molecule has 0 bridgehead atoms. The van der Waals surface area contributed by atoms with Gasteiger partial charge in [-0.15, -0.1) is 0 Å². The van der Waals surface area contributed by atoms with E-state index in [-0.39, 0.29) is 0 Å². The molecular formula is C24H34INO3. The predicted molar refractivity (Wildman–Crippen MR) is 129 cm³/mol. The lowest BCUT2D eigenvalue weighted by Gasteiger charge is -2.30. The Hall–Kier alpha value is -1.47. The van der Waals surface area contributed by atoms with Crippen molar-refractivity contribution in [2.45, 2.75) is 45.6 Å². The molecule has 0 N–H and O–H groups in total. The van der Waals surface area contributed by atoms with E-state index in [4.69, 9.17) is 14.2 Å². The number of methoxy groups -OCH3 is 3. The van der Waals surface area contributed by atoms with E-state index in [1.165, 1.54) is 27.5 Å². The Morgan fingerprint density at radius 1 is 0.931 bits per heavy atom. The normalized spacial score (nSPS) is 12.1. The van der Waals surface area contributed by atoms with Gasteiger partial charge in [-0.3, -0.25) is 0 Å². The zero-order valence-corrected chi connectivity index (χ0v) is 20.5. The highest BCUT2D eigenvalue weighted by Crippen LogP contribution is 2.28. The second kappa shape index (κ2) is 12.3. The van der Waals surface area contributed by atoms with Crippen LogP contribution in [0.2, 0.25) is 0 Å². The third-order valence-electron chi connectivity index (χ3n) is 5.33. The van der Waals surface area contributed by atoms with E-state index in [1.807, 2.05) is 12.1 Å². The number of benzene rings is 2. The third kappa shape index (κ3) is 7.07. The van der Waals surface area contributed by atoms with Crippen LogP contribution in [0.1, 0.15) is 37.8 Å². The minimum atomic E-state index is 0.460. The van der Waals surface area contributed by atoms with Crippen LogP contribution >= 0.6 is 22.6 Å². The number of rotatable bonds is 12. The average molecular weight is 511 g/mol. The fourth-order valence-corrected chi connectivity index (χ4v) is 4.06. The molecule has 2 aromatic rings. The average Bonchev–Trinajstić information content (AvgIpc) is 2.74. The van der Waals surface area contributed by atoms with Crippen LogP contribution in [0.5, 0.6) is 17.2 Å². The Morgan fingerprint density at radius 2 is 1.69 bits per heavy atom. The lowest BCUT2D eigenvalue weighted by atomic mass is 10.0. The van der Waals surface area contributed by atoms with Crippen molar-refractivity contribution >= 4 is 22.6 Å². The highest BCUT2D eigenvalue weighted by atomic mass is 127. The summed E-state index contributed by atoms with van der Waals surface area (Å²) in [5, 5.41) is 0. The van der Waals surface area contributed by atoms with E-state index in [2.05, 4.69) is 65.6 Å². The molecule has 0 radical (unpaired) electrons. The van der Waals surface area contributed by atoms with Crippen LogP contribution in [0, 0.1) is 3.57 Å². The van der Waals surface area contributed by atoms with Crippen molar-refractivity contribution in [3.05, 3.63) is 51.1 Å². The Bertz CT molecular complexity index is 766. The number of hydrogen-bond donors (Lipinski definition) is 0. The summed E-state index contributed by atoms with van der Waals surface area (Å²) in [5.74, 6) is 2.50. The topological polar surface area (TPSA) is 30.9 Å². The van der Waals surface area contributed by atoms with E-state index < -0.39 is 0 Å². The van der Waals surface area contributed by atoms with Crippen LogP contribution in [0.25, 0.3) is 0 Å². The van der Waals surface area contributed by atoms with Crippen molar-refractivity contribution in [3.63, 3.8) is 0 Å². The summed E-state index contributed by atoms with van der Waals surface area (Å²) in [7, 11) is 5.09. The Labute approximate surface area is 189 Å². The second-order valence-corrected chi connectivity index (χ2v) is 8.50. The van der Waals surface area contributed by atoms with Gasteiger partial charge < -0.3 is 19.1 Å². The van der Waals surface area contributed by atoms with Crippen molar-refractivity contribution in [2.24, 2.45) is 0 Å². The zero-order valence-electron chi connectivity index (χ0n) is 18.3. The van der Waals surface area contributed by atoms with Crippen molar-refractivity contribution in [3.8, 4) is 17.2 Å². The first-order chi connectivity index (χ1) is 14.0. The lowest BCUT2D eigenvalue weighted by Crippen LogP contribution is -2.37. The summed E-state index contributed by atoms with van der Waals surface area (Å²) in [6.45, 7) is 6.73. The minimum absolute atomic E-state index is 0.460. The van der Waals surface area contributed by atoms with Crippen LogP contribution in [0.15, 0.2) is 36.4 Å². The first kappa shape index (κ1) is 23.8. The van der Waals surface area contributed by atoms with Gasteiger partial charge in [-0.25, -0.2) is 0 Å². The number of halogens is 1. The lowest BCUT2D eigenvalue weighted by molar-refractivity contribution is 0.206. The number of ether oxygens (including phenoxy) is 3. The molecule has 0 aliphatic rings. The van der Waals surface area contributed by atoms with Gasteiger partial charge in [0.05, 0.1) is 21.3 Å². The quantitative estimate of drug-likeness (QED) is 0.348. The molecule has 0 heterocycles. The number of hydrogen-bond acceptors (Lipinski definition) is 4. The molecule has 5 heteroatoms. The smallest absolute Gasteiger partial charge is 0.160 e. The molecule has 0 aliphatic heterocycles. The van der Waals surface area contributed by atoms with E-state index in [9.17, 15) is 0 Å². The van der Waals surface area contributed by atoms with Gasteiger partial charge in [0.2, 0.25) is 0 Å². The van der Waals surface area contributed by atoms with Crippen LogP contribution in [-0.2, 0) is 12.8 Å². The molecule has 0 aliphatic carbocycles. The predicted octanol–water partition coefficient (Wildman–Crippen LogP) is 5.59. The van der Waals surface area contributed by atoms with Crippen LogP contribution in [0.4, 0.5) is 0 Å². The van der Waals surface area contributed by atoms with E-state index in [1.54, 1.807) is 21.3 Å². The largest absolute Gasteiger partial charge is 0.497 e. The molecule has 4 nitrogen and oxygen atoms in total. The Balaban J connectivity index is 2.08. The molecule has 0 saturated heterocycles. The Kier molecular flexibility index (Phi) is 10.1. The summed E-state index contributed by atoms with van der Waals surface area (Å²) < 4.78 is 17.5. The third-order valence-corrected chi connectivity index (χ3v) is 6.38. The van der Waals surface area contributed by atoms with E-state index >= 15 is 0 Å². The summed E-state index contributed by atoms with van der Waals surface area (Å²) in [6, 6.07) is 13.0. The van der Waals surface area contributed by atoms with Crippen molar-refractivity contribution < 1.29 is 14.2 Å². The molecule has 1 unspecified atom stereocenters. The molecule has 0 spiro atoms. The van der Waals surface area contributed by atoms with Gasteiger partial charge in [0.15, 0.2) is 11.5 Å². The van der Waals surface area contributed by atoms with Crippen molar-refractivity contribution in [1.29, 1.82) is 0 Å². The summed E-state index contributed by atoms with van der Waals surface area (Å²) >= 11 is 2.42. The number of unbranched alkanes of at least 4 members (excludes halogenated alkanes) is 1. The first-order valence-corrected chi connectivity index (χ1v) is 11.4. The van der Waals surface area contributed by atoms with Crippen LogP contribution < -0.4 is 14.2 Å². The molecule has 2 rings (SSSR count). The molecule has 29 heavy (non-hydrogen) atoms. The maximum absolute atomic E-state index is 5.46. The SMILES string of the molecule is CCCCN(CCc1ccc(OC)c(OC)c1)C(C)Cc1cc(OC)ccc1I. The van der Waals surface area contributed by atoms with Gasteiger partial charge in [-0.2, -0.15) is 0 Å². The fourth-order valence-electron chi connectivity index (χ4n) is 3.50. The van der Waals surface area contributed by atoms with Gasteiger partial charge in [0.1, 0.15) is 5.75 Å². The standard InChI is InChI=1S/C24H34INO3/c1-6-7-13-26(14-12-19-8-11-23(28-4)24(16-19)29-5)18(2)15-20-17-21(27-3)9-10-22(20)25/h8-11,16-18H,6-7,12-15H2,1-5H3. The molecular weight excluding hydrogens is 477 g/mol. The molecule has 0 fully saturated rings. The Morgan fingerprint density at radius 3 is 2.34 bits per heavy atom. The molecule has 0 saturated carbocycles. The van der Waals surface area contributed by atoms with Gasteiger partial charge in [0, 0.05) is 16.2 Å². The maximum Gasteiger partial charge on any atom is 0.160 e. The minimum Gasteiger partial charge on any atom is -0.497 e. The summed E-state index contributed by atoms with van der Waals surface area (Å²) in [6.07, 6.45) is 4.43. The van der Waals surface area contributed by atoms with E-state index in [0.29, 0.717) is 6.04 Å². The van der Waals surface area contributed by atoms with Crippen LogP contribution in [-0.4, -0.2) is 45.4 Å². The van der Waals surface area contributed by atoms with Gasteiger partial charge in [-0.05, 0) is 96.8 Å². The monoisotopic (exact) mass is 511 g/mol. The highest BCUT2D eigenvalue weighted by Gasteiger charge is 2.16. The maximum atomic E-state index is 5.46.